The molecule has 2 heterocycles. The van der Waals surface area contributed by atoms with E-state index in [2.05, 4.69) is 19.2 Å². The number of fused-ring (bicyclic) bond motifs is 1. The Morgan fingerprint density at radius 1 is 1.19 bits per heavy atom. The molecule has 0 bridgehead atoms. The highest BCUT2D eigenvalue weighted by Crippen LogP contribution is 2.58. The Bertz CT molecular complexity index is 449. The van der Waals surface area contributed by atoms with Crippen LogP contribution in [0.1, 0.15) is 47.0 Å². The maximum absolute atomic E-state index is 12.9. The van der Waals surface area contributed by atoms with Gasteiger partial charge in [0.25, 0.3) is 0 Å². The van der Waals surface area contributed by atoms with Crippen molar-refractivity contribution in [1.29, 1.82) is 0 Å². The molecule has 3 N–H and O–H groups in total. The van der Waals surface area contributed by atoms with Crippen LogP contribution in [0.25, 0.3) is 0 Å². The molecule has 3 rings (SSSR count). The summed E-state index contributed by atoms with van der Waals surface area (Å²) < 4.78 is 11.5. The van der Waals surface area contributed by atoms with E-state index in [0.717, 1.165) is 25.9 Å². The molecule has 5 nitrogen and oxygen atoms in total. The number of nitrogens with one attached hydrogen (secondary N) is 1. The number of nitrogens with two attached hydrogens (primary N) is 1. The van der Waals surface area contributed by atoms with E-state index in [4.69, 9.17) is 15.2 Å². The average Bonchev–Trinajstić information content (AvgIpc) is 2.84. The van der Waals surface area contributed by atoms with E-state index in [1.165, 1.54) is 0 Å². The van der Waals surface area contributed by atoms with Gasteiger partial charge in [-0.3, -0.25) is 4.79 Å². The van der Waals surface area contributed by atoms with Crippen LogP contribution in [0.2, 0.25) is 0 Å². The van der Waals surface area contributed by atoms with Crippen molar-refractivity contribution in [3.63, 3.8) is 0 Å². The first-order valence-corrected chi connectivity index (χ1v) is 8.04. The second kappa shape index (κ2) is 4.67. The second-order valence-corrected chi connectivity index (χ2v) is 8.05. The maximum atomic E-state index is 12.9. The summed E-state index contributed by atoms with van der Waals surface area (Å²) in [6, 6.07) is 0.152. The summed E-state index contributed by atoms with van der Waals surface area (Å²) in [5.74, 6) is 0.141. The van der Waals surface area contributed by atoms with E-state index >= 15 is 0 Å². The Kier molecular flexibility index (Phi) is 3.39. The summed E-state index contributed by atoms with van der Waals surface area (Å²) in [6.45, 7) is 9.64. The van der Waals surface area contributed by atoms with Crippen LogP contribution in [-0.2, 0) is 14.3 Å². The summed E-state index contributed by atoms with van der Waals surface area (Å²) in [5, 5.41) is 3.19. The maximum Gasteiger partial charge on any atom is 0.241 e. The van der Waals surface area contributed by atoms with Crippen LogP contribution in [0, 0.1) is 11.3 Å². The lowest BCUT2D eigenvalue weighted by molar-refractivity contribution is -0.177. The van der Waals surface area contributed by atoms with E-state index in [1.807, 2.05) is 13.8 Å². The highest BCUT2D eigenvalue weighted by Gasteiger charge is 2.71. The van der Waals surface area contributed by atoms with Gasteiger partial charge < -0.3 is 20.5 Å². The topological polar surface area (TPSA) is 73.6 Å². The third-order valence-electron chi connectivity index (χ3n) is 5.86. The van der Waals surface area contributed by atoms with Crippen LogP contribution in [0.5, 0.6) is 0 Å². The summed E-state index contributed by atoms with van der Waals surface area (Å²) in [4.78, 5) is 12.9. The molecule has 1 saturated carbocycles. The zero-order chi connectivity index (χ0) is 15.5. The van der Waals surface area contributed by atoms with Crippen molar-refractivity contribution in [2.75, 3.05) is 13.2 Å². The van der Waals surface area contributed by atoms with Gasteiger partial charge in [0.05, 0.1) is 11.7 Å². The molecule has 120 valence electrons. The first-order chi connectivity index (χ1) is 9.68. The first-order valence-electron chi connectivity index (χ1n) is 8.04. The standard InChI is InChI=1S/C16H28N2O3/c1-14(2)9-10(5-8-21-14)18-13(19)16(17)11-6-7-20-12(11)15(16,3)4/h10-12H,5-9,17H2,1-4H3,(H,18,19). The van der Waals surface area contributed by atoms with Crippen molar-refractivity contribution in [2.24, 2.45) is 17.1 Å². The lowest BCUT2D eigenvalue weighted by Crippen LogP contribution is -2.80. The zero-order valence-electron chi connectivity index (χ0n) is 13.6. The summed E-state index contributed by atoms with van der Waals surface area (Å²) in [6.07, 6.45) is 2.70. The van der Waals surface area contributed by atoms with Crippen LogP contribution in [0.4, 0.5) is 0 Å². The number of amides is 1. The van der Waals surface area contributed by atoms with E-state index in [9.17, 15) is 4.79 Å². The van der Waals surface area contributed by atoms with Gasteiger partial charge in [0, 0.05) is 30.6 Å². The Morgan fingerprint density at radius 3 is 2.57 bits per heavy atom. The lowest BCUT2D eigenvalue weighted by Gasteiger charge is -2.61. The van der Waals surface area contributed by atoms with Crippen LogP contribution in [-0.4, -0.2) is 42.4 Å². The number of ether oxygens (including phenoxy) is 2. The van der Waals surface area contributed by atoms with Gasteiger partial charge >= 0.3 is 0 Å². The van der Waals surface area contributed by atoms with E-state index in [0.29, 0.717) is 6.61 Å². The monoisotopic (exact) mass is 296 g/mol. The van der Waals surface area contributed by atoms with Gasteiger partial charge in [0.2, 0.25) is 5.91 Å². The van der Waals surface area contributed by atoms with Crippen molar-refractivity contribution in [3.8, 4) is 0 Å². The number of hydrogen-bond acceptors (Lipinski definition) is 4. The van der Waals surface area contributed by atoms with Gasteiger partial charge in [-0.2, -0.15) is 0 Å². The quantitative estimate of drug-likeness (QED) is 0.803. The van der Waals surface area contributed by atoms with Gasteiger partial charge in [0.15, 0.2) is 0 Å². The first kappa shape index (κ1) is 15.3. The number of hydrogen-bond donors (Lipinski definition) is 2. The number of carbonyl (C=O) groups is 1. The second-order valence-electron chi connectivity index (χ2n) is 8.05. The molecule has 4 atom stereocenters. The molecule has 1 amide bonds. The minimum absolute atomic E-state index is 0.0121. The largest absolute Gasteiger partial charge is 0.377 e. The van der Waals surface area contributed by atoms with Gasteiger partial charge in [-0.1, -0.05) is 13.8 Å². The Hall–Kier alpha value is -0.650. The average molecular weight is 296 g/mol. The van der Waals surface area contributed by atoms with Gasteiger partial charge in [0.1, 0.15) is 5.54 Å². The van der Waals surface area contributed by atoms with Crippen molar-refractivity contribution in [3.05, 3.63) is 0 Å². The molecule has 5 heteroatoms. The minimum atomic E-state index is -0.809. The van der Waals surface area contributed by atoms with Crippen LogP contribution >= 0.6 is 0 Å². The molecule has 2 aliphatic heterocycles. The van der Waals surface area contributed by atoms with Crippen molar-refractivity contribution in [2.45, 2.75) is 70.2 Å². The highest BCUT2D eigenvalue weighted by molar-refractivity contribution is 5.89. The molecule has 0 aromatic rings. The molecule has 3 fully saturated rings. The molecule has 4 unspecified atom stereocenters. The normalized spacial score (nSPS) is 43.8. The fourth-order valence-electron chi connectivity index (χ4n) is 4.51. The molecule has 2 saturated heterocycles. The minimum Gasteiger partial charge on any atom is -0.377 e. The van der Waals surface area contributed by atoms with Gasteiger partial charge in [-0.15, -0.1) is 0 Å². The van der Waals surface area contributed by atoms with Gasteiger partial charge in [-0.25, -0.2) is 0 Å². The summed E-state index contributed by atoms with van der Waals surface area (Å²) >= 11 is 0. The Labute approximate surface area is 126 Å². The molecular formula is C16H28N2O3. The van der Waals surface area contributed by atoms with Crippen molar-refractivity contribution < 1.29 is 14.3 Å². The summed E-state index contributed by atoms with van der Waals surface area (Å²) in [7, 11) is 0. The SMILES string of the molecule is CC1(C)CC(NC(=O)C2(N)C3CCOC3C2(C)C)CCO1. The predicted octanol–water partition coefficient (Wildman–Crippen LogP) is 1.20. The highest BCUT2D eigenvalue weighted by atomic mass is 16.5. The predicted molar refractivity (Wildman–Crippen MR) is 79.7 cm³/mol. The molecule has 3 aliphatic rings. The van der Waals surface area contributed by atoms with Crippen molar-refractivity contribution in [1.82, 2.24) is 5.32 Å². The molecule has 1 aliphatic carbocycles. The van der Waals surface area contributed by atoms with Gasteiger partial charge in [-0.05, 0) is 33.1 Å². The molecule has 0 aromatic carbocycles. The number of carbonyl (C=O) groups excluding carboxylic acids is 1. The smallest absolute Gasteiger partial charge is 0.241 e. The van der Waals surface area contributed by atoms with E-state index in [1.54, 1.807) is 0 Å². The molecule has 0 radical (unpaired) electrons. The molecular weight excluding hydrogens is 268 g/mol. The summed E-state index contributed by atoms with van der Waals surface area (Å²) in [5.41, 5.74) is 5.28. The fourth-order valence-corrected chi connectivity index (χ4v) is 4.51. The Balaban J connectivity index is 1.70. The lowest BCUT2D eigenvalue weighted by atomic mass is 9.48. The Morgan fingerprint density at radius 2 is 1.90 bits per heavy atom. The fraction of sp³-hybridized carbons (Fsp3) is 0.938. The van der Waals surface area contributed by atoms with E-state index in [-0.39, 0.29) is 35.0 Å². The molecule has 0 spiro atoms. The van der Waals surface area contributed by atoms with Crippen LogP contribution < -0.4 is 11.1 Å². The third kappa shape index (κ3) is 2.13. The molecule has 21 heavy (non-hydrogen) atoms. The molecule has 0 aromatic heterocycles. The van der Waals surface area contributed by atoms with Crippen LogP contribution in [0.3, 0.4) is 0 Å². The zero-order valence-corrected chi connectivity index (χ0v) is 13.6. The number of rotatable bonds is 2. The van der Waals surface area contributed by atoms with Crippen LogP contribution in [0.15, 0.2) is 0 Å². The van der Waals surface area contributed by atoms with E-state index < -0.39 is 5.54 Å². The third-order valence-corrected chi connectivity index (χ3v) is 5.86. The van der Waals surface area contributed by atoms with Crippen molar-refractivity contribution >= 4 is 5.91 Å².